The Morgan fingerprint density at radius 1 is 1.03 bits per heavy atom. The molecule has 0 aliphatic heterocycles. The molecule has 2 aromatic heterocycles. The fourth-order valence-electron chi connectivity index (χ4n) is 2.89. The molecule has 9 heteroatoms. The summed E-state index contributed by atoms with van der Waals surface area (Å²) in [7, 11) is 0. The molecule has 0 saturated carbocycles. The minimum Gasteiger partial charge on any atom is -0.443 e. The highest BCUT2D eigenvalue weighted by atomic mass is 32.2. The Morgan fingerprint density at radius 2 is 1.73 bits per heavy atom. The molecular weight excluding hydrogens is 438 g/mol. The van der Waals surface area contributed by atoms with Crippen molar-refractivity contribution in [2.75, 3.05) is 5.32 Å². The Morgan fingerprint density at radius 3 is 2.30 bits per heavy atom. The lowest BCUT2D eigenvalue weighted by molar-refractivity contribution is -0.115. The third kappa shape index (κ3) is 6.41. The summed E-state index contributed by atoms with van der Waals surface area (Å²) in [6, 6.07) is 13.1. The standard InChI is InChI=1S/C24H29N5O3S/c1-15(2)17-10-12-18(13-11-17)26-21(30)16(3)33-22-28-27-20(19-9-7-8-14-25-19)29(22)23(31)32-24(4,5)6/h7-16H,1-6H3,(H,26,30). The maximum Gasteiger partial charge on any atom is 0.422 e. The Balaban J connectivity index is 1.82. The van der Waals surface area contributed by atoms with Gasteiger partial charge in [0.1, 0.15) is 11.3 Å². The zero-order valence-corrected chi connectivity index (χ0v) is 20.5. The normalized spacial score (nSPS) is 12.5. The molecule has 0 fully saturated rings. The number of amides is 1. The summed E-state index contributed by atoms with van der Waals surface area (Å²) in [4.78, 5) is 30.1. The number of hydrogen-bond donors (Lipinski definition) is 1. The van der Waals surface area contributed by atoms with Crippen LogP contribution in [0.2, 0.25) is 0 Å². The van der Waals surface area contributed by atoms with E-state index in [0.29, 0.717) is 17.3 Å². The number of hydrogen-bond acceptors (Lipinski definition) is 7. The smallest absolute Gasteiger partial charge is 0.422 e. The maximum absolute atomic E-state index is 13.0. The lowest BCUT2D eigenvalue weighted by Gasteiger charge is -2.20. The Kier molecular flexibility index (Phi) is 7.53. The molecule has 2 heterocycles. The monoisotopic (exact) mass is 467 g/mol. The molecule has 3 rings (SSSR count). The van der Waals surface area contributed by atoms with Gasteiger partial charge in [-0.05, 0) is 63.4 Å². The van der Waals surface area contributed by atoms with E-state index in [2.05, 4.69) is 34.3 Å². The highest BCUT2D eigenvalue weighted by Crippen LogP contribution is 2.28. The molecule has 0 saturated heterocycles. The van der Waals surface area contributed by atoms with Gasteiger partial charge in [0, 0.05) is 11.9 Å². The van der Waals surface area contributed by atoms with Crippen LogP contribution in [-0.4, -0.2) is 42.6 Å². The van der Waals surface area contributed by atoms with Crippen LogP contribution in [0.25, 0.3) is 11.5 Å². The van der Waals surface area contributed by atoms with Crippen LogP contribution >= 0.6 is 11.8 Å². The molecule has 1 unspecified atom stereocenters. The van der Waals surface area contributed by atoms with Crippen molar-refractivity contribution in [2.45, 2.75) is 63.5 Å². The fourth-order valence-corrected chi connectivity index (χ4v) is 3.72. The minimum absolute atomic E-state index is 0.213. The average molecular weight is 468 g/mol. The number of thioether (sulfide) groups is 1. The molecule has 8 nitrogen and oxygen atoms in total. The molecule has 0 radical (unpaired) electrons. The number of carbonyl (C=O) groups excluding carboxylic acids is 2. The molecule has 174 valence electrons. The van der Waals surface area contributed by atoms with Gasteiger partial charge in [-0.3, -0.25) is 9.78 Å². The highest BCUT2D eigenvalue weighted by molar-refractivity contribution is 8.00. The van der Waals surface area contributed by atoms with Crippen molar-refractivity contribution in [3.8, 4) is 11.5 Å². The zero-order valence-electron chi connectivity index (χ0n) is 19.7. The first-order valence-electron chi connectivity index (χ1n) is 10.7. The number of ether oxygens (including phenoxy) is 1. The van der Waals surface area contributed by atoms with Crippen molar-refractivity contribution in [1.82, 2.24) is 19.7 Å². The predicted octanol–water partition coefficient (Wildman–Crippen LogP) is 5.37. The van der Waals surface area contributed by atoms with Crippen molar-refractivity contribution >= 4 is 29.4 Å². The number of rotatable bonds is 6. The summed E-state index contributed by atoms with van der Waals surface area (Å²) in [5.74, 6) is 0.455. The van der Waals surface area contributed by atoms with E-state index in [4.69, 9.17) is 4.74 Å². The summed E-state index contributed by atoms with van der Waals surface area (Å²) >= 11 is 1.12. The van der Waals surface area contributed by atoms with E-state index in [-0.39, 0.29) is 16.9 Å². The number of aromatic nitrogens is 4. The number of pyridine rings is 1. The van der Waals surface area contributed by atoms with Crippen LogP contribution in [-0.2, 0) is 9.53 Å². The molecule has 0 aliphatic carbocycles. The molecular formula is C24H29N5O3S. The predicted molar refractivity (Wildman–Crippen MR) is 129 cm³/mol. The van der Waals surface area contributed by atoms with E-state index in [1.807, 2.05) is 24.3 Å². The van der Waals surface area contributed by atoms with Crippen molar-refractivity contribution in [3.63, 3.8) is 0 Å². The Bertz CT molecular complexity index is 1110. The summed E-state index contributed by atoms with van der Waals surface area (Å²) in [6.45, 7) is 11.3. The average Bonchev–Trinajstić information content (AvgIpc) is 3.17. The van der Waals surface area contributed by atoms with Gasteiger partial charge >= 0.3 is 6.09 Å². The third-order valence-corrected chi connectivity index (χ3v) is 5.64. The van der Waals surface area contributed by atoms with Crippen molar-refractivity contribution in [1.29, 1.82) is 0 Å². The maximum atomic E-state index is 13.0. The van der Waals surface area contributed by atoms with Gasteiger partial charge in [-0.1, -0.05) is 43.8 Å². The van der Waals surface area contributed by atoms with E-state index in [9.17, 15) is 9.59 Å². The minimum atomic E-state index is -0.712. The van der Waals surface area contributed by atoms with Gasteiger partial charge in [0.05, 0.1) is 5.25 Å². The highest BCUT2D eigenvalue weighted by Gasteiger charge is 2.28. The van der Waals surface area contributed by atoms with Gasteiger partial charge in [-0.15, -0.1) is 10.2 Å². The van der Waals surface area contributed by atoms with Gasteiger partial charge in [-0.2, -0.15) is 0 Å². The topological polar surface area (TPSA) is 99.0 Å². The lowest BCUT2D eigenvalue weighted by atomic mass is 10.0. The molecule has 1 amide bonds. The second kappa shape index (κ2) is 10.2. The van der Waals surface area contributed by atoms with Gasteiger partial charge < -0.3 is 10.1 Å². The molecule has 0 aliphatic rings. The Labute approximate surface area is 198 Å². The second-order valence-electron chi connectivity index (χ2n) is 8.86. The lowest BCUT2D eigenvalue weighted by Crippen LogP contribution is -2.29. The number of benzene rings is 1. The van der Waals surface area contributed by atoms with E-state index in [1.54, 1.807) is 52.1 Å². The first kappa shape index (κ1) is 24.4. The third-order valence-electron chi connectivity index (χ3n) is 4.60. The number of carbonyl (C=O) groups is 2. The van der Waals surface area contributed by atoms with Gasteiger partial charge in [-0.25, -0.2) is 9.36 Å². The SMILES string of the molecule is CC(Sc1nnc(-c2ccccn2)n1C(=O)OC(C)(C)C)C(=O)Nc1ccc(C(C)C)cc1. The molecule has 3 aromatic rings. The molecule has 1 N–H and O–H groups in total. The number of anilines is 1. The number of nitrogens with zero attached hydrogens (tertiary/aromatic N) is 4. The van der Waals surface area contributed by atoms with Crippen LogP contribution in [0.5, 0.6) is 0 Å². The molecule has 1 aromatic carbocycles. The summed E-state index contributed by atoms with van der Waals surface area (Å²) in [5.41, 5.74) is 1.67. The fraction of sp³-hybridized carbons (Fsp3) is 0.375. The largest absolute Gasteiger partial charge is 0.443 e. The van der Waals surface area contributed by atoms with Crippen molar-refractivity contribution < 1.29 is 14.3 Å². The van der Waals surface area contributed by atoms with Crippen LogP contribution < -0.4 is 5.32 Å². The summed E-state index contributed by atoms with van der Waals surface area (Å²) in [6.07, 6.45) is 0.976. The van der Waals surface area contributed by atoms with Crippen LogP contribution in [0.1, 0.15) is 53.0 Å². The van der Waals surface area contributed by atoms with E-state index in [0.717, 1.165) is 11.8 Å². The first-order valence-corrected chi connectivity index (χ1v) is 11.6. The van der Waals surface area contributed by atoms with Crippen molar-refractivity contribution in [2.24, 2.45) is 0 Å². The first-order chi connectivity index (χ1) is 15.5. The summed E-state index contributed by atoms with van der Waals surface area (Å²) in [5, 5.41) is 10.9. The summed E-state index contributed by atoms with van der Waals surface area (Å²) < 4.78 is 6.82. The van der Waals surface area contributed by atoms with Gasteiger partial charge in [0.25, 0.3) is 0 Å². The van der Waals surface area contributed by atoms with E-state index in [1.165, 1.54) is 10.1 Å². The molecule has 0 spiro atoms. The molecule has 33 heavy (non-hydrogen) atoms. The quantitative estimate of drug-likeness (QED) is 0.487. The van der Waals surface area contributed by atoms with Crippen molar-refractivity contribution in [3.05, 3.63) is 54.2 Å². The van der Waals surface area contributed by atoms with Crippen LogP contribution in [0, 0.1) is 0 Å². The van der Waals surface area contributed by atoms with Crippen LogP contribution in [0.4, 0.5) is 10.5 Å². The van der Waals surface area contributed by atoms with E-state index < -0.39 is 16.9 Å². The molecule has 0 bridgehead atoms. The van der Waals surface area contributed by atoms with Crippen LogP contribution in [0.15, 0.2) is 53.8 Å². The van der Waals surface area contributed by atoms with Gasteiger partial charge in [0.2, 0.25) is 11.1 Å². The van der Waals surface area contributed by atoms with E-state index >= 15 is 0 Å². The zero-order chi connectivity index (χ0) is 24.2. The van der Waals surface area contributed by atoms with Gasteiger partial charge in [0.15, 0.2) is 5.82 Å². The van der Waals surface area contributed by atoms with Crippen LogP contribution in [0.3, 0.4) is 0 Å². The Hall–Kier alpha value is -3.20. The number of nitrogens with one attached hydrogen (secondary N) is 1. The molecule has 1 atom stereocenters. The second-order valence-corrected chi connectivity index (χ2v) is 10.2.